The predicted molar refractivity (Wildman–Crippen MR) is 160 cm³/mol. The number of aryl methyl sites for hydroxylation is 1. The van der Waals surface area contributed by atoms with Gasteiger partial charge in [0, 0.05) is 46.6 Å². The van der Waals surface area contributed by atoms with Gasteiger partial charge in [-0.2, -0.15) is 0 Å². The molecule has 0 aliphatic carbocycles. The number of nitrogens with one attached hydrogen (secondary N) is 2. The maximum Gasteiger partial charge on any atom is 0.261 e. The first-order valence-corrected chi connectivity index (χ1v) is 14.4. The van der Waals surface area contributed by atoms with E-state index in [-0.39, 0.29) is 4.90 Å². The minimum atomic E-state index is -3.72. The van der Waals surface area contributed by atoms with Crippen molar-refractivity contribution in [1.29, 1.82) is 0 Å². The molecule has 0 spiro atoms. The van der Waals surface area contributed by atoms with Crippen LogP contribution in [0.3, 0.4) is 0 Å². The highest BCUT2D eigenvalue weighted by Crippen LogP contribution is 2.27. The van der Waals surface area contributed by atoms with E-state index in [0.717, 1.165) is 36.5 Å². The number of rotatable bonds is 11. The van der Waals surface area contributed by atoms with Crippen LogP contribution in [-0.4, -0.2) is 55.6 Å². The molecule has 2 N–H and O–H groups in total. The minimum absolute atomic E-state index is 0.156. The summed E-state index contributed by atoms with van der Waals surface area (Å²) in [6.07, 6.45) is 4.76. The van der Waals surface area contributed by atoms with Crippen molar-refractivity contribution in [2.24, 2.45) is 0 Å². The molecule has 5 aromatic rings. The molecule has 0 atom stereocenters. The summed E-state index contributed by atoms with van der Waals surface area (Å²) in [5.74, 6) is 1.23. The highest BCUT2D eigenvalue weighted by Gasteiger charge is 2.14. The Bertz CT molecular complexity index is 1700. The zero-order valence-corrected chi connectivity index (χ0v) is 23.5. The third-order valence-corrected chi connectivity index (χ3v) is 7.91. The Morgan fingerprint density at radius 1 is 0.900 bits per heavy atom. The van der Waals surface area contributed by atoms with Gasteiger partial charge >= 0.3 is 0 Å². The van der Waals surface area contributed by atoms with Crippen LogP contribution in [-0.2, 0) is 16.6 Å². The van der Waals surface area contributed by atoms with E-state index in [1.807, 2.05) is 6.07 Å². The SMILES string of the molecule is COc1ccc(S(=O)(=O)Nc2ccc(Nc3cc(-c4ccc5c(ccn5CCCN(C)C)c4)ncn3)cc2)cc1. The van der Waals surface area contributed by atoms with Crippen LogP contribution < -0.4 is 14.8 Å². The zero-order valence-electron chi connectivity index (χ0n) is 22.7. The van der Waals surface area contributed by atoms with E-state index >= 15 is 0 Å². The van der Waals surface area contributed by atoms with E-state index in [1.54, 1.807) is 36.4 Å². The average molecular weight is 557 g/mol. The second kappa shape index (κ2) is 11.8. The number of benzene rings is 3. The van der Waals surface area contributed by atoms with Crippen LogP contribution in [0.25, 0.3) is 22.2 Å². The number of hydrogen-bond acceptors (Lipinski definition) is 7. The summed E-state index contributed by atoms with van der Waals surface area (Å²) < 4.78 is 35.4. The molecule has 2 aromatic heterocycles. The summed E-state index contributed by atoms with van der Waals surface area (Å²) in [5, 5.41) is 4.44. The molecule has 10 heteroatoms. The molecule has 0 saturated carbocycles. The third kappa shape index (κ3) is 6.41. The molecule has 0 aliphatic rings. The van der Waals surface area contributed by atoms with Crippen LogP contribution in [0.4, 0.5) is 17.2 Å². The van der Waals surface area contributed by atoms with Crippen molar-refractivity contribution in [3.8, 4) is 17.0 Å². The summed E-state index contributed by atoms with van der Waals surface area (Å²) in [6.45, 7) is 2.03. The van der Waals surface area contributed by atoms with Crippen LogP contribution in [0.15, 0.2) is 96.3 Å². The molecule has 5 rings (SSSR count). The van der Waals surface area contributed by atoms with Crippen molar-refractivity contribution in [2.45, 2.75) is 17.9 Å². The van der Waals surface area contributed by atoms with E-state index in [2.05, 4.69) is 74.0 Å². The molecular weight excluding hydrogens is 524 g/mol. The Balaban J connectivity index is 1.26. The van der Waals surface area contributed by atoms with Gasteiger partial charge in [-0.1, -0.05) is 6.07 Å². The fourth-order valence-corrected chi connectivity index (χ4v) is 5.49. The number of hydrogen-bond donors (Lipinski definition) is 2. The summed E-state index contributed by atoms with van der Waals surface area (Å²) in [5.41, 5.74) is 4.24. The molecular formula is C30H32N6O3S. The number of aromatic nitrogens is 3. The summed E-state index contributed by atoms with van der Waals surface area (Å²) in [7, 11) is 2.00. The molecule has 0 radical (unpaired) electrons. The van der Waals surface area contributed by atoms with Crippen molar-refractivity contribution < 1.29 is 13.2 Å². The van der Waals surface area contributed by atoms with Crippen molar-refractivity contribution in [1.82, 2.24) is 19.4 Å². The molecule has 206 valence electrons. The molecule has 0 fully saturated rings. The largest absolute Gasteiger partial charge is 0.497 e. The first-order valence-electron chi connectivity index (χ1n) is 12.9. The van der Waals surface area contributed by atoms with Gasteiger partial charge in [-0.15, -0.1) is 0 Å². The first kappa shape index (κ1) is 27.2. The van der Waals surface area contributed by atoms with Crippen molar-refractivity contribution in [2.75, 3.05) is 37.8 Å². The lowest BCUT2D eigenvalue weighted by molar-refractivity contribution is 0.388. The van der Waals surface area contributed by atoms with Gasteiger partial charge < -0.3 is 19.5 Å². The van der Waals surface area contributed by atoms with Crippen molar-refractivity contribution >= 4 is 38.1 Å². The molecule has 0 amide bonds. The number of nitrogens with zero attached hydrogens (tertiary/aromatic N) is 4. The minimum Gasteiger partial charge on any atom is -0.497 e. The maximum atomic E-state index is 12.7. The number of methoxy groups -OCH3 is 1. The molecule has 0 aliphatic heterocycles. The Labute approximate surface area is 234 Å². The van der Waals surface area contributed by atoms with Crippen molar-refractivity contribution in [3.63, 3.8) is 0 Å². The Kier molecular flexibility index (Phi) is 7.99. The van der Waals surface area contributed by atoms with Crippen LogP contribution in [0.2, 0.25) is 0 Å². The molecule has 40 heavy (non-hydrogen) atoms. The fourth-order valence-electron chi connectivity index (χ4n) is 4.43. The number of fused-ring (bicyclic) bond motifs is 1. The van der Waals surface area contributed by atoms with Gasteiger partial charge in [0.05, 0.1) is 17.7 Å². The van der Waals surface area contributed by atoms with Gasteiger partial charge in [-0.05, 0) is 93.8 Å². The van der Waals surface area contributed by atoms with Gasteiger partial charge in [0.15, 0.2) is 0 Å². The van der Waals surface area contributed by atoms with Gasteiger partial charge in [0.25, 0.3) is 10.0 Å². The second-order valence-electron chi connectivity index (χ2n) is 9.71. The van der Waals surface area contributed by atoms with Crippen molar-refractivity contribution in [3.05, 3.63) is 91.4 Å². The standard InChI is InChI=1S/C30H32N6O3S/c1-35(2)16-4-17-36-18-15-23-19-22(5-14-29(23)36)28-20-30(32-21-31-28)33-24-6-8-25(9-7-24)34-40(37,38)27-12-10-26(39-3)11-13-27/h5-15,18-21,34H,4,16-17H2,1-3H3,(H,31,32,33). The van der Waals surface area contributed by atoms with Gasteiger partial charge in [0.1, 0.15) is 17.9 Å². The highest BCUT2D eigenvalue weighted by molar-refractivity contribution is 7.92. The lowest BCUT2D eigenvalue weighted by Gasteiger charge is -2.11. The normalized spacial score (nSPS) is 11.6. The summed E-state index contributed by atoms with van der Waals surface area (Å²) in [4.78, 5) is 11.2. The molecule has 0 unspecified atom stereocenters. The Morgan fingerprint density at radius 2 is 1.65 bits per heavy atom. The van der Waals surface area contributed by atoms with Crippen LogP contribution >= 0.6 is 0 Å². The lowest BCUT2D eigenvalue weighted by atomic mass is 10.1. The fraction of sp³-hybridized carbons (Fsp3) is 0.200. The van der Waals surface area contributed by atoms with Gasteiger partial charge in [0.2, 0.25) is 0 Å². The highest BCUT2D eigenvalue weighted by atomic mass is 32.2. The predicted octanol–water partition coefficient (Wildman–Crippen LogP) is 5.60. The second-order valence-corrected chi connectivity index (χ2v) is 11.4. The smallest absolute Gasteiger partial charge is 0.261 e. The zero-order chi connectivity index (χ0) is 28.1. The Hall–Kier alpha value is -4.41. The van der Waals surface area contributed by atoms with Crippen LogP contribution in [0.1, 0.15) is 6.42 Å². The molecule has 0 bridgehead atoms. The maximum absolute atomic E-state index is 12.7. The molecule has 0 saturated heterocycles. The molecule has 9 nitrogen and oxygen atoms in total. The van der Waals surface area contributed by atoms with E-state index in [0.29, 0.717) is 17.3 Å². The summed E-state index contributed by atoms with van der Waals surface area (Å²) in [6, 6.07) is 23.6. The van der Waals surface area contributed by atoms with Gasteiger partial charge in [-0.3, -0.25) is 4.72 Å². The number of anilines is 3. The summed E-state index contributed by atoms with van der Waals surface area (Å²) >= 11 is 0. The molecule has 3 aromatic carbocycles. The van der Waals surface area contributed by atoms with E-state index < -0.39 is 10.0 Å². The monoisotopic (exact) mass is 556 g/mol. The van der Waals surface area contributed by atoms with Gasteiger partial charge in [-0.25, -0.2) is 18.4 Å². The quantitative estimate of drug-likeness (QED) is 0.218. The van der Waals surface area contributed by atoms with E-state index in [4.69, 9.17) is 4.74 Å². The van der Waals surface area contributed by atoms with E-state index in [9.17, 15) is 8.42 Å². The average Bonchev–Trinajstić information content (AvgIpc) is 3.36. The molecule has 2 heterocycles. The first-order chi connectivity index (χ1) is 19.3. The Morgan fingerprint density at radius 3 is 2.38 bits per heavy atom. The topological polar surface area (TPSA) is 101 Å². The lowest BCUT2D eigenvalue weighted by Crippen LogP contribution is -2.14. The third-order valence-electron chi connectivity index (χ3n) is 6.52. The van der Waals surface area contributed by atoms with Crippen LogP contribution in [0.5, 0.6) is 5.75 Å². The number of ether oxygens (including phenoxy) is 1. The van der Waals surface area contributed by atoms with Crippen LogP contribution in [0, 0.1) is 0 Å². The number of sulfonamides is 1. The van der Waals surface area contributed by atoms with E-state index in [1.165, 1.54) is 36.5 Å².